The van der Waals surface area contributed by atoms with Crippen molar-refractivity contribution < 1.29 is 9.59 Å². The molecule has 0 unspecified atom stereocenters. The highest BCUT2D eigenvalue weighted by molar-refractivity contribution is 7.09. The number of rotatable bonds is 6. The fourth-order valence-corrected chi connectivity index (χ4v) is 5.41. The molecule has 2 aliphatic carbocycles. The predicted octanol–water partition coefficient (Wildman–Crippen LogP) is 3.50. The normalized spacial score (nSPS) is 22.0. The van der Waals surface area contributed by atoms with Gasteiger partial charge in [-0.3, -0.25) is 9.59 Å². The summed E-state index contributed by atoms with van der Waals surface area (Å²) in [5.41, 5.74) is 1.09. The first-order chi connectivity index (χ1) is 13.2. The average molecular weight is 390 g/mol. The summed E-state index contributed by atoms with van der Waals surface area (Å²) < 4.78 is 0. The third-order valence-corrected chi connectivity index (χ3v) is 7.36. The summed E-state index contributed by atoms with van der Waals surface area (Å²) in [6, 6.07) is 0. The Morgan fingerprint density at radius 3 is 2.48 bits per heavy atom. The molecule has 0 radical (unpaired) electrons. The Morgan fingerprint density at radius 2 is 1.78 bits per heavy atom. The topological polar surface area (TPSA) is 62.3 Å². The maximum absolute atomic E-state index is 12.7. The first-order valence-corrected chi connectivity index (χ1v) is 11.6. The van der Waals surface area contributed by atoms with Gasteiger partial charge in [0.2, 0.25) is 11.8 Å². The van der Waals surface area contributed by atoms with E-state index in [2.05, 4.69) is 15.6 Å². The van der Waals surface area contributed by atoms with Crippen molar-refractivity contribution >= 4 is 23.2 Å². The summed E-state index contributed by atoms with van der Waals surface area (Å²) in [5, 5.41) is 6.36. The van der Waals surface area contributed by atoms with Gasteiger partial charge in [-0.1, -0.05) is 19.3 Å². The van der Waals surface area contributed by atoms with Gasteiger partial charge in [-0.05, 0) is 38.5 Å². The molecule has 6 heteroatoms. The maximum atomic E-state index is 12.7. The molecule has 3 fully saturated rings. The van der Waals surface area contributed by atoms with Crippen molar-refractivity contribution in [3.63, 3.8) is 0 Å². The molecule has 0 bridgehead atoms. The Morgan fingerprint density at radius 1 is 1.04 bits per heavy atom. The van der Waals surface area contributed by atoms with E-state index in [1.165, 1.54) is 24.3 Å². The summed E-state index contributed by atoms with van der Waals surface area (Å²) in [4.78, 5) is 31.3. The largest absolute Gasteiger partial charge is 0.355 e. The lowest BCUT2D eigenvalue weighted by molar-refractivity contribution is -0.137. The van der Waals surface area contributed by atoms with Gasteiger partial charge in [-0.15, -0.1) is 11.3 Å². The molecule has 1 saturated heterocycles. The van der Waals surface area contributed by atoms with Crippen molar-refractivity contribution in [3.8, 4) is 0 Å². The van der Waals surface area contributed by atoms with Crippen molar-refractivity contribution in [3.05, 3.63) is 16.1 Å². The lowest BCUT2D eigenvalue weighted by atomic mass is 9.87. The van der Waals surface area contributed by atoms with Gasteiger partial charge in [-0.25, -0.2) is 4.98 Å². The summed E-state index contributed by atoms with van der Waals surface area (Å²) in [6.07, 6.45) is 10.9. The molecule has 1 aliphatic heterocycles. The number of likely N-dealkylation sites (tertiary alicyclic amines) is 1. The van der Waals surface area contributed by atoms with Crippen LogP contribution in [0.4, 0.5) is 0 Å². The Balaban J connectivity index is 1.21. The van der Waals surface area contributed by atoms with Crippen LogP contribution >= 0.6 is 11.3 Å². The van der Waals surface area contributed by atoms with Crippen LogP contribution < -0.4 is 5.32 Å². The Bertz CT molecular complexity index is 656. The summed E-state index contributed by atoms with van der Waals surface area (Å²) in [6.45, 7) is 2.45. The zero-order valence-electron chi connectivity index (χ0n) is 16.1. The van der Waals surface area contributed by atoms with Gasteiger partial charge in [0.15, 0.2) is 0 Å². The summed E-state index contributed by atoms with van der Waals surface area (Å²) >= 11 is 1.74. The van der Waals surface area contributed by atoms with Crippen molar-refractivity contribution in [2.24, 2.45) is 11.8 Å². The zero-order chi connectivity index (χ0) is 18.6. The number of hydrogen-bond acceptors (Lipinski definition) is 4. The van der Waals surface area contributed by atoms with Crippen LogP contribution in [0.25, 0.3) is 0 Å². The predicted molar refractivity (Wildman–Crippen MR) is 107 cm³/mol. The number of nitrogens with zero attached hydrogens (tertiary/aromatic N) is 2. The van der Waals surface area contributed by atoms with Gasteiger partial charge < -0.3 is 10.2 Å². The van der Waals surface area contributed by atoms with E-state index in [1.807, 2.05) is 0 Å². The van der Waals surface area contributed by atoms with Gasteiger partial charge >= 0.3 is 0 Å². The molecule has 3 aliphatic rings. The second-order valence-electron chi connectivity index (χ2n) is 8.43. The van der Waals surface area contributed by atoms with Gasteiger partial charge in [0.25, 0.3) is 0 Å². The minimum Gasteiger partial charge on any atom is -0.355 e. The van der Waals surface area contributed by atoms with E-state index in [9.17, 15) is 9.59 Å². The molecule has 4 rings (SSSR count). The van der Waals surface area contributed by atoms with Gasteiger partial charge in [0, 0.05) is 49.2 Å². The second-order valence-corrected chi connectivity index (χ2v) is 9.32. The molecule has 2 heterocycles. The molecule has 2 amide bonds. The minimum absolute atomic E-state index is 0.209. The first kappa shape index (κ1) is 18.9. The van der Waals surface area contributed by atoms with Crippen LogP contribution in [0.5, 0.6) is 0 Å². The van der Waals surface area contributed by atoms with Gasteiger partial charge in [0.1, 0.15) is 0 Å². The fourth-order valence-electron chi connectivity index (χ4n) is 4.38. The molecule has 5 nitrogen and oxygen atoms in total. The number of thiazole rings is 1. The summed E-state index contributed by atoms with van der Waals surface area (Å²) in [5.74, 6) is 1.66. The number of carbonyl (C=O) groups excluding carboxylic acids is 2. The Labute approximate surface area is 165 Å². The van der Waals surface area contributed by atoms with Crippen molar-refractivity contribution in [2.45, 2.75) is 70.1 Å². The van der Waals surface area contributed by atoms with Crippen molar-refractivity contribution in [1.29, 1.82) is 0 Å². The van der Waals surface area contributed by atoms with Crippen molar-refractivity contribution in [2.75, 3.05) is 19.6 Å². The molecule has 0 aromatic carbocycles. The van der Waals surface area contributed by atoms with E-state index >= 15 is 0 Å². The second kappa shape index (κ2) is 8.72. The third-order valence-electron chi connectivity index (χ3n) is 6.31. The van der Waals surface area contributed by atoms with E-state index in [1.54, 1.807) is 11.3 Å². The van der Waals surface area contributed by atoms with Crippen LogP contribution in [0.2, 0.25) is 0 Å². The van der Waals surface area contributed by atoms with Crippen molar-refractivity contribution in [1.82, 2.24) is 15.2 Å². The average Bonchev–Trinajstić information content (AvgIpc) is 3.47. The lowest BCUT2D eigenvalue weighted by Crippen LogP contribution is -2.41. The Kier molecular flexibility index (Phi) is 6.11. The van der Waals surface area contributed by atoms with Crippen LogP contribution in [-0.2, 0) is 16.0 Å². The van der Waals surface area contributed by atoms with E-state index in [-0.39, 0.29) is 17.7 Å². The van der Waals surface area contributed by atoms with E-state index in [0.717, 1.165) is 63.7 Å². The van der Waals surface area contributed by atoms with E-state index < -0.39 is 0 Å². The first-order valence-electron chi connectivity index (χ1n) is 10.7. The standard InChI is InChI=1S/C21H31N3O2S/c25-19(15-6-7-15)22-11-8-18-14-27-20(23-18)16-9-12-24(13-10-16)21(26)17-4-2-1-3-5-17/h14-17H,1-13H2,(H,22,25). The monoisotopic (exact) mass is 389 g/mol. The smallest absolute Gasteiger partial charge is 0.225 e. The molecule has 0 atom stereocenters. The molecule has 1 aromatic rings. The molecule has 148 valence electrons. The molecule has 0 spiro atoms. The van der Waals surface area contributed by atoms with Crippen LogP contribution in [0, 0.1) is 11.8 Å². The number of piperidine rings is 1. The quantitative estimate of drug-likeness (QED) is 0.810. The highest BCUT2D eigenvalue weighted by Gasteiger charge is 2.31. The molecular formula is C21H31N3O2S. The van der Waals surface area contributed by atoms with Gasteiger partial charge in [-0.2, -0.15) is 0 Å². The zero-order valence-corrected chi connectivity index (χ0v) is 16.9. The molecule has 2 saturated carbocycles. The SMILES string of the molecule is O=C(NCCc1csc(C2CCN(C(=O)C3CCCCC3)CC2)n1)C1CC1. The maximum Gasteiger partial charge on any atom is 0.225 e. The molecular weight excluding hydrogens is 358 g/mol. The molecule has 1 N–H and O–H groups in total. The number of hydrogen-bond donors (Lipinski definition) is 1. The Hall–Kier alpha value is -1.43. The highest BCUT2D eigenvalue weighted by Crippen LogP contribution is 2.33. The van der Waals surface area contributed by atoms with E-state index in [0.29, 0.717) is 18.4 Å². The third kappa shape index (κ3) is 4.89. The lowest BCUT2D eigenvalue weighted by Gasteiger charge is -2.34. The highest BCUT2D eigenvalue weighted by atomic mass is 32.1. The number of amides is 2. The minimum atomic E-state index is 0.209. The fraction of sp³-hybridized carbons (Fsp3) is 0.762. The number of nitrogens with one attached hydrogen (secondary N) is 1. The molecule has 1 aromatic heterocycles. The van der Waals surface area contributed by atoms with Crippen LogP contribution in [-0.4, -0.2) is 41.3 Å². The number of aromatic nitrogens is 1. The number of carbonyl (C=O) groups is 2. The van der Waals surface area contributed by atoms with E-state index in [4.69, 9.17) is 4.98 Å². The van der Waals surface area contributed by atoms with Gasteiger partial charge in [0.05, 0.1) is 10.7 Å². The molecule has 27 heavy (non-hydrogen) atoms. The summed E-state index contributed by atoms with van der Waals surface area (Å²) in [7, 11) is 0. The van der Waals surface area contributed by atoms with Crippen LogP contribution in [0.3, 0.4) is 0 Å². The van der Waals surface area contributed by atoms with Crippen LogP contribution in [0.1, 0.15) is 74.4 Å². The van der Waals surface area contributed by atoms with Crippen LogP contribution in [0.15, 0.2) is 5.38 Å².